The van der Waals surface area contributed by atoms with Gasteiger partial charge in [-0.1, -0.05) is 18.2 Å². The molecule has 0 atom stereocenters. The van der Waals surface area contributed by atoms with E-state index in [0.717, 1.165) is 0 Å². The molecular weight excluding hydrogens is 327 g/mol. The Hall–Kier alpha value is -1.10. The quantitative estimate of drug-likeness (QED) is 0.282. The van der Waals surface area contributed by atoms with Crippen molar-refractivity contribution < 1.29 is 29.8 Å². The predicted octanol–water partition coefficient (Wildman–Crippen LogP) is 6.63. The fraction of sp³-hybridized carbons (Fsp3) is 0.500. The Morgan fingerprint density at radius 3 is 2.09 bits per heavy atom. The van der Waals surface area contributed by atoms with Crippen LogP contribution < -0.4 is 0 Å². The van der Waals surface area contributed by atoms with Crippen LogP contribution in [0.4, 0.5) is 30.9 Å². The van der Waals surface area contributed by atoms with E-state index in [2.05, 4.69) is 42.7 Å². The van der Waals surface area contributed by atoms with Crippen molar-refractivity contribution in [3.8, 4) is 0 Å². The molecule has 2 aliphatic heterocycles. The van der Waals surface area contributed by atoms with Gasteiger partial charge < -0.3 is 0 Å². The molecule has 0 saturated heterocycles. The van der Waals surface area contributed by atoms with E-state index >= 15 is 0 Å². The molecule has 1 aromatic carbocycles. The third kappa shape index (κ3) is 4.45. The van der Waals surface area contributed by atoms with Gasteiger partial charge in [-0.05, 0) is 20.3 Å². The van der Waals surface area contributed by atoms with Gasteiger partial charge in [-0.3, -0.25) is 0 Å². The van der Waals surface area contributed by atoms with Crippen molar-refractivity contribution in [2.24, 2.45) is 0 Å². The van der Waals surface area contributed by atoms with Gasteiger partial charge in [0.25, 0.3) is 0 Å². The van der Waals surface area contributed by atoms with Crippen molar-refractivity contribution in [3.05, 3.63) is 29.8 Å². The van der Waals surface area contributed by atoms with Gasteiger partial charge in [0.1, 0.15) is 6.54 Å². The average molecular weight is 345 g/mol. The maximum absolute atomic E-state index is 10.7. The van der Waals surface area contributed by atoms with Crippen LogP contribution in [-0.4, -0.2) is 16.8 Å². The van der Waals surface area contributed by atoms with Crippen LogP contribution in [0.2, 0.25) is 0 Å². The molecule has 0 N–H and O–H groups in total. The van der Waals surface area contributed by atoms with Gasteiger partial charge in [0, 0.05) is 24.5 Å². The molecule has 2 aliphatic rings. The van der Waals surface area contributed by atoms with Gasteiger partial charge in [-0.15, -0.1) is 0 Å². The number of fused-ring (bicyclic) bond motifs is 2. The fourth-order valence-corrected chi connectivity index (χ4v) is 3.14. The van der Waals surface area contributed by atoms with Crippen molar-refractivity contribution in [2.75, 3.05) is 6.54 Å². The van der Waals surface area contributed by atoms with E-state index in [-0.39, 0.29) is 5.41 Å². The molecule has 22 heavy (non-hydrogen) atoms. The van der Waals surface area contributed by atoms with Crippen molar-refractivity contribution in [3.63, 3.8) is 0 Å². The molecule has 0 spiro atoms. The Bertz CT molecular complexity index is 618. The summed E-state index contributed by atoms with van der Waals surface area (Å²) < 4.78 is 61.7. The van der Waals surface area contributed by atoms with E-state index in [1.807, 2.05) is 0 Å². The molecule has 0 amide bonds. The molecule has 8 heteroatoms. The van der Waals surface area contributed by atoms with E-state index < -0.39 is 7.81 Å². The Morgan fingerprint density at radius 1 is 0.955 bits per heavy atom. The first kappa shape index (κ1) is 17.3. The summed E-state index contributed by atoms with van der Waals surface area (Å²) in [6.07, 6.45) is 3.98. The topological polar surface area (TPSA) is 3.01 Å². The van der Waals surface area contributed by atoms with Crippen LogP contribution in [0, 0.1) is 0 Å². The van der Waals surface area contributed by atoms with Gasteiger partial charge >= 0.3 is 33.0 Å². The zero-order valence-electron chi connectivity index (χ0n) is 12.3. The van der Waals surface area contributed by atoms with E-state index in [4.69, 9.17) is 0 Å². The summed E-state index contributed by atoms with van der Waals surface area (Å²) in [5.74, 6) is 0. The van der Waals surface area contributed by atoms with Gasteiger partial charge in [-0.25, -0.2) is 0 Å². The zero-order chi connectivity index (χ0) is 16.9. The minimum absolute atomic E-state index is 0.261. The van der Waals surface area contributed by atoms with Crippen LogP contribution in [0.25, 0.3) is 0 Å². The molecule has 126 valence electrons. The normalized spacial score (nSPS) is 22.7. The van der Waals surface area contributed by atoms with Gasteiger partial charge in [0.15, 0.2) is 5.71 Å². The monoisotopic (exact) mass is 345 g/mol. The minimum atomic E-state index is -10.7. The Morgan fingerprint density at radius 2 is 1.50 bits per heavy atom. The Labute approximate surface area is 124 Å². The fourth-order valence-electron chi connectivity index (χ4n) is 3.14. The molecule has 1 nitrogen and oxygen atoms in total. The molecular formula is C14H18F6NP. The molecule has 2 heterocycles. The summed E-state index contributed by atoms with van der Waals surface area (Å²) in [6, 6.07) is 8.89. The first-order valence-electron chi connectivity index (χ1n) is 6.96. The molecule has 0 saturated carbocycles. The Kier molecular flexibility index (Phi) is 3.50. The molecule has 3 rings (SSSR count). The summed E-state index contributed by atoms with van der Waals surface area (Å²) >= 11 is 0. The van der Waals surface area contributed by atoms with Crippen molar-refractivity contribution in [1.29, 1.82) is 0 Å². The summed E-state index contributed by atoms with van der Waals surface area (Å²) in [6.45, 7) is 5.95. The van der Waals surface area contributed by atoms with E-state index in [1.165, 1.54) is 37.1 Å². The van der Waals surface area contributed by atoms with Gasteiger partial charge in [0.2, 0.25) is 5.69 Å². The molecule has 0 unspecified atom stereocenters. The second-order valence-corrected chi connectivity index (χ2v) is 8.07. The molecule has 0 fully saturated rings. The second kappa shape index (κ2) is 4.47. The predicted molar refractivity (Wildman–Crippen MR) is 76.7 cm³/mol. The number of hydrogen-bond donors (Lipinski definition) is 0. The molecule has 1 aromatic rings. The number of halogens is 6. The number of nitrogens with zero attached hydrogens (tertiary/aromatic N) is 1. The molecule has 0 bridgehead atoms. The van der Waals surface area contributed by atoms with E-state index in [1.54, 1.807) is 5.71 Å². The van der Waals surface area contributed by atoms with Crippen LogP contribution in [-0.2, 0) is 5.41 Å². The van der Waals surface area contributed by atoms with Gasteiger partial charge in [0.05, 0.1) is 5.41 Å². The SMILES string of the molecule is CC1(C)C2=[N+](CCCC2)c2ccccc21.F[P-](F)(F)(F)(F)F. The number of hydrogen-bond acceptors (Lipinski definition) is 0. The van der Waals surface area contributed by atoms with Crippen molar-refractivity contribution in [1.82, 2.24) is 0 Å². The zero-order valence-corrected chi connectivity index (χ0v) is 13.2. The standard InChI is InChI=1S/C14H18N.F6P/c1-14(2)11-7-3-4-8-12(11)15-10-6-5-9-13(14)15;1-7(2,3,4,5)6/h3-4,7-8H,5-6,9-10H2,1-2H3;/q+1;-1. The molecule has 0 radical (unpaired) electrons. The summed E-state index contributed by atoms with van der Waals surface area (Å²) in [7, 11) is -10.7. The van der Waals surface area contributed by atoms with E-state index in [9.17, 15) is 25.2 Å². The molecule has 0 aromatic heterocycles. The van der Waals surface area contributed by atoms with Crippen molar-refractivity contribution in [2.45, 2.75) is 38.5 Å². The summed E-state index contributed by atoms with van der Waals surface area (Å²) in [5.41, 5.74) is 4.87. The average Bonchev–Trinajstić information content (AvgIpc) is 2.57. The number of rotatable bonds is 0. The summed E-state index contributed by atoms with van der Waals surface area (Å²) in [5, 5.41) is 0. The van der Waals surface area contributed by atoms with Crippen LogP contribution in [0.5, 0.6) is 0 Å². The number of para-hydroxylation sites is 1. The van der Waals surface area contributed by atoms with Crippen LogP contribution in [0.3, 0.4) is 0 Å². The van der Waals surface area contributed by atoms with Crippen molar-refractivity contribution >= 4 is 19.2 Å². The van der Waals surface area contributed by atoms with Crippen LogP contribution in [0.15, 0.2) is 24.3 Å². The summed E-state index contributed by atoms with van der Waals surface area (Å²) in [4.78, 5) is 0. The third-order valence-corrected chi connectivity index (χ3v) is 3.96. The van der Waals surface area contributed by atoms with E-state index in [0.29, 0.717) is 0 Å². The maximum atomic E-state index is 9.87. The third-order valence-electron chi connectivity index (χ3n) is 3.96. The number of benzene rings is 1. The van der Waals surface area contributed by atoms with Gasteiger partial charge in [-0.2, -0.15) is 4.58 Å². The van der Waals surface area contributed by atoms with Crippen LogP contribution in [0.1, 0.15) is 38.7 Å². The second-order valence-electron chi connectivity index (χ2n) is 6.16. The first-order valence-corrected chi connectivity index (χ1v) is 8.99. The Balaban J connectivity index is 0.000000217. The van der Waals surface area contributed by atoms with Crippen LogP contribution >= 0.6 is 7.81 Å². The first-order chi connectivity index (χ1) is 9.66. The molecule has 0 aliphatic carbocycles.